The van der Waals surface area contributed by atoms with Gasteiger partial charge in [0.2, 0.25) is 0 Å². The van der Waals surface area contributed by atoms with Crippen LogP contribution >= 0.6 is 15.9 Å². The zero-order chi connectivity index (χ0) is 22.1. The predicted octanol–water partition coefficient (Wildman–Crippen LogP) is 3.86. The second-order valence-corrected chi connectivity index (χ2v) is 7.26. The van der Waals surface area contributed by atoms with Crippen molar-refractivity contribution in [2.24, 2.45) is 0 Å². The minimum Gasteiger partial charge on any atom is -0.491 e. The number of benzene rings is 3. The molecule has 0 radical (unpaired) electrons. The second kappa shape index (κ2) is 11.3. The Labute approximate surface area is 188 Å². The molecule has 2 amide bonds. The van der Waals surface area contributed by atoms with Crippen LogP contribution < -0.4 is 20.3 Å². The first-order valence-corrected chi connectivity index (χ1v) is 10.6. The Morgan fingerprint density at radius 3 is 2.61 bits per heavy atom. The summed E-state index contributed by atoms with van der Waals surface area (Å²) in [6.07, 6.45) is 0. The fourth-order valence-electron chi connectivity index (χ4n) is 2.79. The second-order valence-electron chi connectivity index (χ2n) is 6.46. The zero-order valence-corrected chi connectivity index (χ0v) is 18.6. The third-order valence-electron chi connectivity index (χ3n) is 4.30. The zero-order valence-electron chi connectivity index (χ0n) is 17.0. The number of hydrazine groups is 1. The lowest BCUT2D eigenvalue weighted by atomic mass is 10.1. The van der Waals surface area contributed by atoms with Crippen LogP contribution in [-0.4, -0.2) is 38.2 Å². The fourth-order valence-corrected chi connectivity index (χ4v) is 3.40. The third-order valence-corrected chi connectivity index (χ3v) is 5.12. The average molecular weight is 487 g/mol. The van der Waals surface area contributed by atoms with E-state index in [0.717, 1.165) is 15.2 Å². The Kier molecular flexibility index (Phi) is 8.26. The number of carbonyl (C=O) groups excluding carboxylic acids is 2. The Bertz CT molecular complexity index is 1060. The molecule has 0 aliphatic rings. The van der Waals surface area contributed by atoms with Crippen LogP contribution in [0.2, 0.25) is 0 Å². The summed E-state index contributed by atoms with van der Waals surface area (Å²) in [5, 5.41) is 2.04. The van der Waals surface area contributed by atoms with E-state index in [1.165, 1.54) is 0 Å². The lowest BCUT2D eigenvalue weighted by molar-refractivity contribution is -0.123. The molecular formula is C23H23BrN2O5. The SMILES string of the molecule is CCOCCOc1cccc(C(=O)NNC(=O)COc2ccc3ccccc3c2Br)c1. The van der Waals surface area contributed by atoms with Crippen LogP contribution in [0.3, 0.4) is 0 Å². The minimum atomic E-state index is -0.488. The Balaban J connectivity index is 1.48. The summed E-state index contributed by atoms with van der Waals surface area (Å²) < 4.78 is 17.1. The van der Waals surface area contributed by atoms with Gasteiger partial charge < -0.3 is 14.2 Å². The number of ether oxygens (including phenoxy) is 3. The summed E-state index contributed by atoms with van der Waals surface area (Å²) in [7, 11) is 0. The molecule has 0 saturated heterocycles. The van der Waals surface area contributed by atoms with Gasteiger partial charge in [0, 0.05) is 12.2 Å². The predicted molar refractivity (Wildman–Crippen MR) is 121 cm³/mol. The highest BCUT2D eigenvalue weighted by molar-refractivity contribution is 9.10. The van der Waals surface area contributed by atoms with Crippen molar-refractivity contribution < 1.29 is 23.8 Å². The van der Waals surface area contributed by atoms with Gasteiger partial charge in [-0.3, -0.25) is 20.4 Å². The van der Waals surface area contributed by atoms with Crippen molar-refractivity contribution in [1.82, 2.24) is 10.9 Å². The van der Waals surface area contributed by atoms with E-state index in [-0.39, 0.29) is 6.61 Å². The highest BCUT2D eigenvalue weighted by Gasteiger charge is 2.11. The standard InChI is InChI=1S/C23H23BrN2O5/c1-2-29-12-13-30-18-8-5-7-17(14-18)23(28)26-25-21(27)15-31-20-11-10-16-6-3-4-9-19(16)22(20)24/h3-11,14H,2,12-13,15H2,1H3,(H,25,27)(H,26,28). The monoisotopic (exact) mass is 486 g/mol. The Hall–Kier alpha value is -3.10. The maximum Gasteiger partial charge on any atom is 0.276 e. The van der Waals surface area contributed by atoms with E-state index in [1.54, 1.807) is 30.3 Å². The molecule has 3 aromatic carbocycles. The molecule has 0 saturated carbocycles. The topological polar surface area (TPSA) is 85.9 Å². The number of hydrogen-bond acceptors (Lipinski definition) is 5. The summed E-state index contributed by atoms with van der Waals surface area (Å²) in [5.41, 5.74) is 5.07. The molecule has 0 fully saturated rings. The van der Waals surface area contributed by atoms with E-state index < -0.39 is 11.8 Å². The van der Waals surface area contributed by atoms with Crippen molar-refractivity contribution in [3.8, 4) is 11.5 Å². The first-order chi connectivity index (χ1) is 15.1. The molecule has 0 atom stereocenters. The van der Waals surface area contributed by atoms with Gasteiger partial charge in [-0.05, 0) is 57.9 Å². The summed E-state index contributed by atoms with van der Waals surface area (Å²) in [5.74, 6) is 0.133. The maximum absolute atomic E-state index is 12.3. The molecule has 8 heteroatoms. The van der Waals surface area contributed by atoms with Crippen molar-refractivity contribution in [3.63, 3.8) is 0 Å². The number of halogens is 1. The van der Waals surface area contributed by atoms with E-state index >= 15 is 0 Å². The van der Waals surface area contributed by atoms with Gasteiger partial charge in [0.1, 0.15) is 18.1 Å². The first-order valence-electron chi connectivity index (χ1n) is 9.78. The van der Waals surface area contributed by atoms with Crippen LogP contribution in [0.25, 0.3) is 10.8 Å². The van der Waals surface area contributed by atoms with E-state index in [9.17, 15) is 9.59 Å². The molecule has 0 spiro atoms. The summed E-state index contributed by atoms with van der Waals surface area (Å²) in [4.78, 5) is 24.4. The lowest BCUT2D eigenvalue weighted by Gasteiger charge is -2.12. The van der Waals surface area contributed by atoms with Gasteiger partial charge in [0.15, 0.2) is 6.61 Å². The molecule has 0 aliphatic carbocycles. The number of rotatable bonds is 9. The van der Waals surface area contributed by atoms with E-state index in [2.05, 4.69) is 26.8 Å². The van der Waals surface area contributed by atoms with Crippen molar-refractivity contribution in [2.75, 3.05) is 26.4 Å². The Morgan fingerprint density at radius 2 is 1.77 bits per heavy atom. The van der Waals surface area contributed by atoms with Crippen LogP contribution in [0.15, 0.2) is 65.1 Å². The highest BCUT2D eigenvalue weighted by atomic mass is 79.9. The molecular weight excluding hydrogens is 464 g/mol. The number of amides is 2. The molecule has 0 bridgehead atoms. The number of carbonyl (C=O) groups is 2. The van der Waals surface area contributed by atoms with Gasteiger partial charge in [-0.2, -0.15) is 0 Å². The lowest BCUT2D eigenvalue weighted by Crippen LogP contribution is -2.43. The summed E-state index contributed by atoms with van der Waals surface area (Å²) in [6, 6.07) is 18.2. The summed E-state index contributed by atoms with van der Waals surface area (Å²) in [6.45, 7) is 3.13. The van der Waals surface area contributed by atoms with Crippen molar-refractivity contribution in [1.29, 1.82) is 0 Å². The van der Waals surface area contributed by atoms with E-state index in [1.807, 2.05) is 37.3 Å². The van der Waals surface area contributed by atoms with Gasteiger partial charge in [-0.25, -0.2) is 0 Å². The van der Waals surface area contributed by atoms with Gasteiger partial charge in [0.05, 0.1) is 11.1 Å². The molecule has 0 aromatic heterocycles. The number of hydrogen-bond donors (Lipinski definition) is 2. The van der Waals surface area contributed by atoms with Crippen molar-refractivity contribution in [3.05, 3.63) is 70.7 Å². The molecule has 3 rings (SSSR count). The quantitative estimate of drug-likeness (QED) is 0.354. The molecule has 0 aliphatic heterocycles. The van der Waals surface area contributed by atoms with Crippen molar-refractivity contribution >= 4 is 38.5 Å². The van der Waals surface area contributed by atoms with Gasteiger partial charge in [-0.1, -0.05) is 36.4 Å². The van der Waals surface area contributed by atoms with Crippen LogP contribution in [0, 0.1) is 0 Å². The van der Waals surface area contributed by atoms with Crippen molar-refractivity contribution in [2.45, 2.75) is 6.92 Å². The Morgan fingerprint density at radius 1 is 0.935 bits per heavy atom. The third kappa shape index (κ3) is 6.44. The molecule has 2 N–H and O–H groups in total. The van der Waals surface area contributed by atoms with Gasteiger partial charge in [-0.15, -0.1) is 0 Å². The van der Waals surface area contributed by atoms with Gasteiger partial charge in [0.25, 0.3) is 11.8 Å². The minimum absolute atomic E-state index is 0.252. The van der Waals surface area contributed by atoms with Crippen LogP contribution in [0.4, 0.5) is 0 Å². The number of nitrogens with one attached hydrogen (secondary N) is 2. The largest absolute Gasteiger partial charge is 0.491 e. The maximum atomic E-state index is 12.3. The average Bonchev–Trinajstić information content (AvgIpc) is 2.80. The fraction of sp³-hybridized carbons (Fsp3) is 0.217. The van der Waals surface area contributed by atoms with Crippen LogP contribution in [0.5, 0.6) is 11.5 Å². The first kappa shape index (κ1) is 22.6. The van der Waals surface area contributed by atoms with Gasteiger partial charge >= 0.3 is 0 Å². The van der Waals surface area contributed by atoms with E-state index in [0.29, 0.717) is 36.9 Å². The van der Waals surface area contributed by atoms with Crippen LogP contribution in [-0.2, 0) is 9.53 Å². The molecule has 31 heavy (non-hydrogen) atoms. The molecule has 0 unspecified atom stereocenters. The van der Waals surface area contributed by atoms with E-state index in [4.69, 9.17) is 14.2 Å². The normalized spacial score (nSPS) is 10.5. The molecule has 7 nitrogen and oxygen atoms in total. The smallest absolute Gasteiger partial charge is 0.276 e. The molecule has 162 valence electrons. The molecule has 3 aromatic rings. The summed E-state index contributed by atoms with van der Waals surface area (Å²) >= 11 is 3.51. The molecule has 0 heterocycles. The van der Waals surface area contributed by atoms with Crippen LogP contribution in [0.1, 0.15) is 17.3 Å². The highest BCUT2D eigenvalue weighted by Crippen LogP contribution is 2.32. The number of fused-ring (bicyclic) bond motifs is 1.